The second-order valence-electron chi connectivity index (χ2n) is 8.20. The fraction of sp³-hybridized carbons (Fsp3) is 0.333. The van der Waals surface area contributed by atoms with Crippen molar-refractivity contribution in [2.75, 3.05) is 13.1 Å². The van der Waals surface area contributed by atoms with Crippen LogP contribution in [-0.4, -0.2) is 34.4 Å². The summed E-state index contributed by atoms with van der Waals surface area (Å²) >= 11 is 0. The van der Waals surface area contributed by atoms with Gasteiger partial charge in [-0.05, 0) is 43.0 Å². The van der Waals surface area contributed by atoms with Gasteiger partial charge in [-0.2, -0.15) is 0 Å². The van der Waals surface area contributed by atoms with Crippen LogP contribution in [0.25, 0.3) is 10.9 Å². The van der Waals surface area contributed by atoms with E-state index >= 15 is 0 Å². The number of para-hydroxylation sites is 1. The summed E-state index contributed by atoms with van der Waals surface area (Å²) in [4.78, 5) is 19.5. The van der Waals surface area contributed by atoms with E-state index in [1.54, 1.807) is 6.20 Å². The van der Waals surface area contributed by atoms with Crippen LogP contribution in [0, 0.1) is 0 Å². The Kier molecular flexibility index (Phi) is 5.14. The minimum Gasteiger partial charge on any atom is -0.354 e. The summed E-state index contributed by atoms with van der Waals surface area (Å²) < 4.78 is 0. The first-order chi connectivity index (χ1) is 13.5. The van der Waals surface area contributed by atoms with Crippen LogP contribution >= 0.6 is 0 Å². The molecule has 1 aromatic heterocycles. The molecule has 4 nitrogen and oxygen atoms in total. The number of hydrogen-bond donors (Lipinski definition) is 1. The number of nitrogens with one attached hydrogen (secondary N) is 1. The Morgan fingerprint density at radius 2 is 1.86 bits per heavy atom. The molecule has 1 aliphatic heterocycles. The number of carbonyl (C=O) groups is 1. The lowest BCUT2D eigenvalue weighted by atomic mass is 9.94. The van der Waals surface area contributed by atoms with E-state index in [0.29, 0.717) is 13.0 Å². The third-order valence-electron chi connectivity index (χ3n) is 5.77. The van der Waals surface area contributed by atoms with E-state index in [4.69, 9.17) is 0 Å². The summed E-state index contributed by atoms with van der Waals surface area (Å²) in [5.74, 6) is 0.0450. The van der Waals surface area contributed by atoms with Crippen LogP contribution in [0.5, 0.6) is 0 Å². The Balaban J connectivity index is 1.39. The van der Waals surface area contributed by atoms with Crippen molar-refractivity contribution in [1.82, 2.24) is 15.2 Å². The Morgan fingerprint density at radius 3 is 2.71 bits per heavy atom. The van der Waals surface area contributed by atoms with E-state index in [1.165, 1.54) is 11.1 Å². The quantitative estimate of drug-likeness (QED) is 0.741. The Labute approximate surface area is 166 Å². The molecular weight excluding hydrogens is 346 g/mol. The molecule has 0 radical (unpaired) electrons. The van der Waals surface area contributed by atoms with Crippen molar-refractivity contribution in [1.29, 1.82) is 0 Å². The van der Waals surface area contributed by atoms with Gasteiger partial charge in [0.1, 0.15) is 0 Å². The van der Waals surface area contributed by atoms with Gasteiger partial charge in [0, 0.05) is 36.8 Å². The molecule has 0 aliphatic carbocycles. The van der Waals surface area contributed by atoms with Crippen LogP contribution in [0.2, 0.25) is 0 Å². The summed E-state index contributed by atoms with van der Waals surface area (Å²) in [7, 11) is 0. The molecule has 4 rings (SSSR count). The molecule has 0 atom stereocenters. The van der Waals surface area contributed by atoms with Crippen LogP contribution in [0.4, 0.5) is 0 Å². The van der Waals surface area contributed by atoms with Gasteiger partial charge >= 0.3 is 0 Å². The SMILES string of the molecule is CC(C)(CNC(=O)Cc1cccc2cccnc12)N1CCc2ccccc2C1. The monoisotopic (exact) mass is 373 g/mol. The number of rotatable bonds is 5. The van der Waals surface area contributed by atoms with Gasteiger partial charge in [0.05, 0.1) is 11.9 Å². The number of benzene rings is 2. The van der Waals surface area contributed by atoms with Crippen molar-refractivity contribution < 1.29 is 4.79 Å². The molecule has 1 amide bonds. The van der Waals surface area contributed by atoms with Crippen molar-refractivity contribution in [2.24, 2.45) is 0 Å². The molecule has 0 unspecified atom stereocenters. The molecule has 0 fully saturated rings. The van der Waals surface area contributed by atoms with Crippen molar-refractivity contribution in [2.45, 2.75) is 38.8 Å². The fourth-order valence-electron chi connectivity index (χ4n) is 3.98. The first-order valence-corrected chi connectivity index (χ1v) is 9.94. The molecule has 2 heterocycles. The second-order valence-corrected chi connectivity index (χ2v) is 8.20. The van der Waals surface area contributed by atoms with E-state index < -0.39 is 0 Å². The molecule has 4 heteroatoms. The molecule has 1 aliphatic rings. The van der Waals surface area contributed by atoms with E-state index in [9.17, 15) is 4.79 Å². The molecule has 3 aromatic rings. The highest BCUT2D eigenvalue weighted by Crippen LogP contribution is 2.25. The lowest BCUT2D eigenvalue weighted by Crippen LogP contribution is -2.53. The minimum atomic E-state index is -0.0970. The molecule has 1 N–H and O–H groups in total. The van der Waals surface area contributed by atoms with Crippen LogP contribution in [0.1, 0.15) is 30.5 Å². The van der Waals surface area contributed by atoms with Crippen molar-refractivity contribution in [3.05, 3.63) is 77.5 Å². The maximum absolute atomic E-state index is 12.6. The Bertz CT molecular complexity index is 991. The molecule has 0 bridgehead atoms. The van der Waals surface area contributed by atoms with Gasteiger partial charge in [-0.15, -0.1) is 0 Å². The van der Waals surface area contributed by atoms with Crippen LogP contribution in [-0.2, 0) is 24.2 Å². The van der Waals surface area contributed by atoms with E-state index in [-0.39, 0.29) is 11.4 Å². The number of fused-ring (bicyclic) bond motifs is 2. The van der Waals surface area contributed by atoms with Crippen molar-refractivity contribution in [3.63, 3.8) is 0 Å². The zero-order chi connectivity index (χ0) is 19.6. The molecule has 2 aromatic carbocycles. The molecular formula is C24H27N3O. The molecule has 0 spiro atoms. The Hall–Kier alpha value is -2.72. The largest absolute Gasteiger partial charge is 0.354 e. The van der Waals surface area contributed by atoms with E-state index in [1.807, 2.05) is 30.3 Å². The highest BCUT2D eigenvalue weighted by molar-refractivity contribution is 5.87. The predicted octanol–water partition coefficient (Wildman–Crippen LogP) is 3.73. The standard InChI is InChI=1S/C24H27N3O/c1-24(2,27-14-12-18-7-3-4-8-21(18)16-27)17-26-22(28)15-20-10-5-9-19-11-6-13-25-23(19)20/h3-11,13H,12,14-17H2,1-2H3,(H,26,28). The first kappa shape index (κ1) is 18.6. The maximum Gasteiger partial charge on any atom is 0.224 e. The molecule has 144 valence electrons. The van der Waals surface area contributed by atoms with Crippen LogP contribution in [0.15, 0.2) is 60.8 Å². The third kappa shape index (κ3) is 3.92. The highest BCUT2D eigenvalue weighted by atomic mass is 16.1. The average Bonchev–Trinajstić information content (AvgIpc) is 2.72. The topological polar surface area (TPSA) is 45.2 Å². The number of aromatic nitrogens is 1. The fourth-order valence-corrected chi connectivity index (χ4v) is 3.98. The smallest absolute Gasteiger partial charge is 0.224 e. The van der Waals surface area contributed by atoms with Crippen molar-refractivity contribution >= 4 is 16.8 Å². The number of pyridine rings is 1. The highest BCUT2D eigenvalue weighted by Gasteiger charge is 2.30. The van der Waals surface area contributed by atoms with Gasteiger partial charge < -0.3 is 5.32 Å². The zero-order valence-corrected chi connectivity index (χ0v) is 16.6. The lowest BCUT2D eigenvalue weighted by Gasteiger charge is -2.41. The molecule has 0 saturated heterocycles. The van der Waals surface area contributed by atoms with Gasteiger partial charge in [-0.3, -0.25) is 14.7 Å². The van der Waals surface area contributed by atoms with Crippen LogP contribution < -0.4 is 5.32 Å². The average molecular weight is 374 g/mol. The minimum absolute atomic E-state index is 0.0450. The van der Waals surface area contributed by atoms with Gasteiger partial charge in [-0.1, -0.05) is 48.5 Å². The summed E-state index contributed by atoms with van der Waals surface area (Å²) in [5, 5.41) is 4.22. The van der Waals surface area contributed by atoms with Gasteiger partial charge in [-0.25, -0.2) is 0 Å². The van der Waals surface area contributed by atoms with Gasteiger partial charge in [0.15, 0.2) is 0 Å². The summed E-state index contributed by atoms with van der Waals surface area (Å²) in [6, 6.07) is 18.6. The third-order valence-corrected chi connectivity index (χ3v) is 5.77. The van der Waals surface area contributed by atoms with E-state index in [2.05, 4.69) is 53.3 Å². The number of hydrogen-bond acceptors (Lipinski definition) is 3. The van der Waals surface area contributed by atoms with Crippen molar-refractivity contribution in [3.8, 4) is 0 Å². The number of nitrogens with zero attached hydrogens (tertiary/aromatic N) is 2. The zero-order valence-electron chi connectivity index (χ0n) is 16.6. The van der Waals surface area contributed by atoms with Gasteiger partial charge in [0.25, 0.3) is 0 Å². The van der Waals surface area contributed by atoms with Gasteiger partial charge in [0.2, 0.25) is 5.91 Å². The number of amides is 1. The van der Waals surface area contributed by atoms with Crippen LogP contribution in [0.3, 0.4) is 0 Å². The van der Waals surface area contributed by atoms with E-state index in [0.717, 1.165) is 36.0 Å². The Morgan fingerprint density at radius 1 is 1.07 bits per heavy atom. The summed E-state index contributed by atoms with van der Waals surface area (Å²) in [6.45, 7) is 7.01. The normalized spacial score (nSPS) is 14.6. The predicted molar refractivity (Wildman–Crippen MR) is 113 cm³/mol. The number of carbonyl (C=O) groups excluding carboxylic acids is 1. The molecule has 28 heavy (non-hydrogen) atoms. The molecule has 0 saturated carbocycles. The lowest BCUT2D eigenvalue weighted by molar-refractivity contribution is -0.121. The first-order valence-electron chi connectivity index (χ1n) is 9.94. The second kappa shape index (κ2) is 7.72. The summed E-state index contributed by atoms with van der Waals surface area (Å²) in [6.07, 6.45) is 3.20. The maximum atomic E-state index is 12.6. The summed E-state index contributed by atoms with van der Waals surface area (Å²) in [5.41, 5.74) is 4.63.